The molecule has 164 valence electrons. The summed E-state index contributed by atoms with van der Waals surface area (Å²) in [6.45, 7) is 2.97. The van der Waals surface area contributed by atoms with E-state index in [2.05, 4.69) is 10.0 Å². The van der Waals surface area contributed by atoms with Crippen LogP contribution in [0.4, 0.5) is 5.69 Å². The van der Waals surface area contributed by atoms with Crippen LogP contribution in [0.25, 0.3) is 0 Å². The van der Waals surface area contributed by atoms with E-state index in [1.165, 1.54) is 45.5 Å². The van der Waals surface area contributed by atoms with Gasteiger partial charge in [0.25, 0.3) is 0 Å². The molecule has 0 fully saturated rings. The van der Waals surface area contributed by atoms with E-state index in [0.29, 0.717) is 16.9 Å². The summed E-state index contributed by atoms with van der Waals surface area (Å²) in [5.74, 6) is -0.0466. The Morgan fingerprint density at radius 3 is 2.20 bits per heavy atom. The van der Waals surface area contributed by atoms with E-state index in [-0.39, 0.29) is 15.5 Å². The third-order valence-corrected chi connectivity index (χ3v) is 7.71. The van der Waals surface area contributed by atoms with E-state index in [4.69, 9.17) is 4.74 Å². The van der Waals surface area contributed by atoms with E-state index in [1.807, 2.05) is 0 Å². The Kier molecular flexibility index (Phi) is 7.24. The molecule has 2 N–H and O–H groups in total. The third-order valence-electron chi connectivity index (χ3n) is 4.50. The molecule has 0 atom stereocenters. The van der Waals surface area contributed by atoms with Crippen LogP contribution in [0.2, 0.25) is 0 Å². The number of likely N-dealkylation sites (N-methyl/N-ethyl adjacent to an activating group) is 1. The average Bonchev–Trinajstić information content (AvgIpc) is 2.69. The van der Waals surface area contributed by atoms with E-state index in [9.17, 15) is 21.6 Å². The standard InChI is InChI=1S/C19H25N3O6S2/c1-13-6-7-15(29(24,25)20-3)11-17(13)21-19(23)12-22(4)30(26,27)16-8-9-18(28-5)14(2)10-16/h6-11,20H,12H2,1-5H3,(H,21,23). The van der Waals surface area contributed by atoms with Crippen molar-refractivity contribution < 1.29 is 26.4 Å². The van der Waals surface area contributed by atoms with Gasteiger partial charge in [-0.25, -0.2) is 21.6 Å². The van der Waals surface area contributed by atoms with Crippen LogP contribution in [0.3, 0.4) is 0 Å². The highest BCUT2D eigenvalue weighted by Gasteiger charge is 2.24. The fourth-order valence-corrected chi connectivity index (χ4v) is 4.66. The van der Waals surface area contributed by atoms with Gasteiger partial charge < -0.3 is 10.1 Å². The van der Waals surface area contributed by atoms with Crippen molar-refractivity contribution in [2.24, 2.45) is 0 Å². The van der Waals surface area contributed by atoms with Gasteiger partial charge in [-0.15, -0.1) is 0 Å². The summed E-state index contributed by atoms with van der Waals surface area (Å²) < 4.78 is 57.8. The molecular weight excluding hydrogens is 430 g/mol. The number of nitrogens with zero attached hydrogens (tertiary/aromatic N) is 1. The zero-order valence-corrected chi connectivity index (χ0v) is 19.0. The van der Waals surface area contributed by atoms with Crippen molar-refractivity contribution in [1.29, 1.82) is 0 Å². The maximum Gasteiger partial charge on any atom is 0.243 e. The Bertz CT molecular complexity index is 1160. The molecule has 0 aliphatic carbocycles. The van der Waals surface area contributed by atoms with Gasteiger partial charge in [0.1, 0.15) is 5.75 Å². The largest absolute Gasteiger partial charge is 0.496 e. The Hall–Kier alpha value is -2.47. The molecule has 0 spiro atoms. The van der Waals surface area contributed by atoms with E-state index < -0.39 is 32.5 Å². The predicted octanol–water partition coefficient (Wildman–Crippen LogP) is 1.48. The van der Waals surface area contributed by atoms with Crippen molar-refractivity contribution in [1.82, 2.24) is 9.03 Å². The lowest BCUT2D eigenvalue weighted by atomic mass is 10.2. The van der Waals surface area contributed by atoms with Gasteiger partial charge in [-0.1, -0.05) is 6.07 Å². The van der Waals surface area contributed by atoms with Gasteiger partial charge in [0.05, 0.1) is 23.4 Å². The van der Waals surface area contributed by atoms with E-state index in [0.717, 1.165) is 4.31 Å². The summed E-state index contributed by atoms with van der Waals surface area (Å²) >= 11 is 0. The minimum Gasteiger partial charge on any atom is -0.496 e. The van der Waals surface area contributed by atoms with Crippen LogP contribution in [0.5, 0.6) is 5.75 Å². The van der Waals surface area contributed by atoms with Gasteiger partial charge in [-0.05, 0) is 62.4 Å². The molecule has 0 unspecified atom stereocenters. The van der Waals surface area contributed by atoms with Crippen LogP contribution in [-0.4, -0.2) is 54.8 Å². The maximum atomic E-state index is 12.8. The molecule has 2 rings (SSSR count). The van der Waals surface area contributed by atoms with Crippen LogP contribution >= 0.6 is 0 Å². The van der Waals surface area contributed by atoms with E-state index in [1.54, 1.807) is 26.0 Å². The number of carbonyl (C=O) groups is 1. The summed E-state index contributed by atoms with van der Waals surface area (Å²) in [5.41, 5.74) is 1.56. The number of hydrogen-bond acceptors (Lipinski definition) is 6. The number of ether oxygens (including phenoxy) is 1. The van der Waals surface area contributed by atoms with Crippen LogP contribution < -0.4 is 14.8 Å². The number of nitrogens with one attached hydrogen (secondary N) is 2. The smallest absolute Gasteiger partial charge is 0.243 e. The van der Waals surface area contributed by atoms with Crippen molar-refractivity contribution in [2.75, 3.05) is 33.1 Å². The minimum absolute atomic E-state index is 0.0133. The molecule has 0 heterocycles. The molecule has 11 heteroatoms. The second-order valence-corrected chi connectivity index (χ2v) is 10.6. The Morgan fingerprint density at radius 2 is 1.63 bits per heavy atom. The first-order valence-electron chi connectivity index (χ1n) is 8.87. The molecule has 0 aliphatic rings. The zero-order chi connectivity index (χ0) is 22.7. The number of aryl methyl sites for hydroxylation is 2. The second kappa shape index (κ2) is 9.13. The normalized spacial score (nSPS) is 12.1. The van der Waals surface area contributed by atoms with Crippen LogP contribution in [0, 0.1) is 13.8 Å². The number of carbonyl (C=O) groups excluding carboxylic acids is 1. The van der Waals surface area contributed by atoms with Crippen LogP contribution in [0.15, 0.2) is 46.2 Å². The van der Waals surface area contributed by atoms with Gasteiger partial charge in [0, 0.05) is 12.7 Å². The first kappa shape index (κ1) is 23.8. The summed E-state index contributed by atoms with van der Waals surface area (Å²) in [6.07, 6.45) is 0. The van der Waals surface area contributed by atoms with Crippen molar-refractivity contribution in [3.05, 3.63) is 47.5 Å². The van der Waals surface area contributed by atoms with Gasteiger partial charge in [0.2, 0.25) is 26.0 Å². The highest BCUT2D eigenvalue weighted by atomic mass is 32.2. The molecular formula is C19H25N3O6S2. The average molecular weight is 456 g/mol. The lowest BCUT2D eigenvalue weighted by Crippen LogP contribution is -2.35. The Balaban J connectivity index is 2.20. The molecule has 2 aromatic carbocycles. The van der Waals surface area contributed by atoms with Crippen molar-refractivity contribution in [3.63, 3.8) is 0 Å². The number of benzene rings is 2. The molecule has 0 aliphatic heterocycles. The van der Waals surface area contributed by atoms with Gasteiger partial charge in [0.15, 0.2) is 0 Å². The molecule has 30 heavy (non-hydrogen) atoms. The van der Waals surface area contributed by atoms with Gasteiger partial charge in [-0.3, -0.25) is 4.79 Å². The quantitative estimate of drug-likeness (QED) is 0.622. The summed E-state index contributed by atoms with van der Waals surface area (Å²) in [6, 6.07) is 8.72. The summed E-state index contributed by atoms with van der Waals surface area (Å²) in [4.78, 5) is 12.5. The fraction of sp³-hybridized carbons (Fsp3) is 0.316. The third kappa shape index (κ3) is 5.17. The molecule has 1 amide bonds. The lowest BCUT2D eigenvalue weighted by Gasteiger charge is -2.18. The van der Waals surface area contributed by atoms with E-state index >= 15 is 0 Å². The summed E-state index contributed by atoms with van der Waals surface area (Å²) in [5, 5.41) is 2.57. The van der Waals surface area contributed by atoms with Crippen molar-refractivity contribution in [2.45, 2.75) is 23.6 Å². The number of sulfonamides is 2. The second-order valence-electron chi connectivity index (χ2n) is 6.62. The number of hydrogen-bond donors (Lipinski definition) is 2. The van der Waals surface area contributed by atoms with Crippen molar-refractivity contribution >= 4 is 31.6 Å². The zero-order valence-electron chi connectivity index (χ0n) is 17.4. The number of rotatable bonds is 8. The molecule has 0 aromatic heterocycles. The monoisotopic (exact) mass is 455 g/mol. The van der Waals surface area contributed by atoms with Gasteiger partial charge in [-0.2, -0.15) is 4.31 Å². The minimum atomic E-state index is -3.91. The highest BCUT2D eigenvalue weighted by Crippen LogP contribution is 2.24. The predicted molar refractivity (Wildman–Crippen MR) is 114 cm³/mol. The van der Waals surface area contributed by atoms with Crippen molar-refractivity contribution in [3.8, 4) is 5.75 Å². The fourth-order valence-electron chi connectivity index (χ4n) is 2.69. The Labute approximate surface area is 177 Å². The number of methoxy groups -OCH3 is 1. The molecule has 0 bridgehead atoms. The van der Waals surface area contributed by atoms with Crippen LogP contribution in [-0.2, 0) is 24.8 Å². The molecule has 0 radical (unpaired) electrons. The van der Waals surface area contributed by atoms with Gasteiger partial charge >= 0.3 is 0 Å². The van der Waals surface area contributed by atoms with Crippen LogP contribution in [0.1, 0.15) is 11.1 Å². The number of anilines is 1. The molecule has 0 saturated carbocycles. The first-order chi connectivity index (χ1) is 13.9. The summed E-state index contributed by atoms with van der Waals surface area (Å²) in [7, 11) is -3.52. The molecule has 0 saturated heterocycles. The SMILES string of the molecule is CNS(=O)(=O)c1ccc(C)c(NC(=O)CN(C)S(=O)(=O)c2ccc(OC)c(C)c2)c1. The first-order valence-corrected chi connectivity index (χ1v) is 11.8. The highest BCUT2D eigenvalue weighted by molar-refractivity contribution is 7.89. The molecule has 9 nitrogen and oxygen atoms in total. The molecule has 2 aromatic rings. The number of amides is 1. The maximum absolute atomic E-state index is 12.8. The topological polar surface area (TPSA) is 122 Å². The lowest BCUT2D eigenvalue weighted by molar-refractivity contribution is -0.116. The Morgan fingerprint density at radius 1 is 1.00 bits per heavy atom.